The lowest BCUT2D eigenvalue weighted by molar-refractivity contribution is 0.188. The van der Waals surface area contributed by atoms with Gasteiger partial charge in [-0.3, -0.25) is 0 Å². The van der Waals surface area contributed by atoms with Gasteiger partial charge < -0.3 is 10.2 Å². The van der Waals surface area contributed by atoms with Gasteiger partial charge in [-0.1, -0.05) is 24.4 Å². The minimum Gasteiger partial charge on any atom is -0.382 e. The Bertz CT molecular complexity index is 482. The molecule has 0 amide bonds. The number of rotatable bonds is 3. The van der Waals surface area contributed by atoms with Crippen molar-refractivity contribution < 1.29 is 0 Å². The van der Waals surface area contributed by atoms with Crippen LogP contribution in [0.25, 0.3) is 0 Å². The molecule has 0 unspecified atom stereocenters. The van der Waals surface area contributed by atoms with Crippen molar-refractivity contribution in [2.45, 2.75) is 57.4 Å². The number of nitrogens with one attached hydrogen (secondary N) is 1. The highest BCUT2D eigenvalue weighted by Gasteiger charge is 2.37. The largest absolute Gasteiger partial charge is 0.382 e. The lowest BCUT2D eigenvalue weighted by atomic mass is 9.71. The van der Waals surface area contributed by atoms with Gasteiger partial charge in [-0.05, 0) is 62.1 Å². The Labute approximate surface area is 133 Å². The van der Waals surface area contributed by atoms with E-state index in [0.29, 0.717) is 11.5 Å². The van der Waals surface area contributed by atoms with E-state index in [4.69, 9.17) is 11.6 Å². The second-order valence-electron chi connectivity index (χ2n) is 7.19. The van der Waals surface area contributed by atoms with Crippen LogP contribution in [0.3, 0.4) is 0 Å². The van der Waals surface area contributed by atoms with Crippen LogP contribution in [0.5, 0.6) is 0 Å². The van der Waals surface area contributed by atoms with Crippen LogP contribution in [0.1, 0.15) is 51.4 Å². The first-order chi connectivity index (χ1) is 10.1. The summed E-state index contributed by atoms with van der Waals surface area (Å²) in [7, 11) is 4.05. The van der Waals surface area contributed by atoms with Crippen LogP contribution in [0.2, 0.25) is 5.02 Å². The van der Waals surface area contributed by atoms with Crippen molar-refractivity contribution in [2.75, 3.05) is 24.3 Å². The standard InChI is InChI=1S/C18H27ClN2/c1-21(2)17-6-5-15(13-16(17)19)20-14-7-11-18(12-8-14)9-3-4-10-18/h5-6,13-14,20H,3-4,7-12H2,1-2H3. The third-order valence-corrected chi connectivity index (χ3v) is 5.81. The van der Waals surface area contributed by atoms with Gasteiger partial charge >= 0.3 is 0 Å². The minimum atomic E-state index is 0.623. The Morgan fingerprint density at radius 2 is 1.76 bits per heavy atom. The lowest BCUT2D eigenvalue weighted by Gasteiger charge is -2.38. The van der Waals surface area contributed by atoms with Crippen molar-refractivity contribution in [3.8, 4) is 0 Å². The quantitative estimate of drug-likeness (QED) is 0.813. The minimum absolute atomic E-state index is 0.623. The summed E-state index contributed by atoms with van der Waals surface area (Å²) in [5.74, 6) is 0. The molecule has 2 saturated carbocycles. The summed E-state index contributed by atoms with van der Waals surface area (Å²) in [6.07, 6.45) is 11.3. The molecule has 2 aliphatic rings. The summed E-state index contributed by atoms with van der Waals surface area (Å²) >= 11 is 6.36. The van der Waals surface area contributed by atoms with E-state index in [9.17, 15) is 0 Å². The van der Waals surface area contributed by atoms with E-state index in [2.05, 4.69) is 28.4 Å². The van der Waals surface area contributed by atoms with Gasteiger partial charge in [0, 0.05) is 25.8 Å². The summed E-state index contributed by atoms with van der Waals surface area (Å²) in [4.78, 5) is 2.05. The third-order valence-electron chi connectivity index (χ3n) is 5.51. The Morgan fingerprint density at radius 1 is 1.10 bits per heavy atom. The zero-order valence-corrected chi connectivity index (χ0v) is 14.0. The van der Waals surface area contributed by atoms with Gasteiger partial charge in [0.2, 0.25) is 0 Å². The fraction of sp³-hybridized carbons (Fsp3) is 0.667. The van der Waals surface area contributed by atoms with Crippen molar-refractivity contribution in [2.24, 2.45) is 5.41 Å². The van der Waals surface area contributed by atoms with Crippen LogP contribution in [-0.2, 0) is 0 Å². The fourth-order valence-corrected chi connectivity index (χ4v) is 4.54. The van der Waals surface area contributed by atoms with Gasteiger partial charge in [0.05, 0.1) is 10.7 Å². The first-order valence-corrected chi connectivity index (χ1v) is 8.69. The molecular formula is C18H27ClN2. The van der Waals surface area contributed by atoms with Crippen molar-refractivity contribution in [3.63, 3.8) is 0 Å². The van der Waals surface area contributed by atoms with E-state index in [1.54, 1.807) is 0 Å². The van der Waals surface area contributed by atoms with Gasteiger partial charge in [-0.2, -0.15) is 0 Å². The molecule has 1 aromatic carbocycles. The molecule has 21 heavy (non-hydrogen) atoms. The summed E-state index contributed by atoms with van der Waals surface area (Å²) in [6, 6.07) is 6.95. The highest BCUT2D eigenvalue weighted by molar-refractivity contribution is 6.33. The summed E-state index contributed by atoms with van der Waals surface area (Å²) in [5, 5.41) is 4.52. The molecule has 0 aromatic heterocycles. The molecule has 3 heteroatoms. The summed E-state index contributed by atoms with van der Waals surface area (Å²) in [6.45, 7) is 0. The predicted octanol–water partition coefficient (Wildman–Crippen LogP) is 5.32. The summed E-state index contributed by atoms with van der Waals surface area (Å²) < 4.78 is 0. The maximum atomic E-state index is 6.36. The van der Waals surface area contributed by atoms with Crippen LogP contribution in [0.4, 0.5) is 11.4 Å². The van der Waals surface area contributed by atoms with Gasteiger partial charge in [-0.25, -0.2) is 0 Å². The van der Waals surface area contributed by atoms with E-state index in [1.807, 2.05) is 14.1 Å². The normalized spacial score (nSPS) is 21.7. The second kappa shape index (κ2) is 6.08. The molecule has 0 saturated heterocycles. The van der Waals surface area contributed by atoms with Crippen molar-refractivity contribution in [1.82, 2.24) is 0 Å². The van der Waals surface area contributed by atoms with Gasteiger partial charge in [-0.15, -0.1) is 0 Å². The number of benzene rings is 1. The maximum absolute atomic E-state index is 6.36. The first kappa shape index (κ1) is 15.0. The molecule has 2 fully saturated rings. The SMILES string of the molecule is CN(C)c1ccc(NC2CCC3(CCCC3)CC2)cc1Cl. The predicted molar refractivity (Wildman–Crippen MR) is 92.6 cm³/mol. The van der Waals surface area contributed by atoms with E-state index >= 15 is 0 Å². The molecular weight excluding hydrogens is 280 g/mol. The molecule has 1 N–H and O–H groups in total. The number of halogens is 1. The summed E-state index contributed by atoms with van der Waals surface area (Å²) in [5.41, 5.74) is 2.96. The molecule has 0 atom stereocenters. The molecule has 0 radical (unpaired) electrons. The molecule has 2 aliphatic carbocycles. The topological polar surface area (TPSA) is 15.3 Å². The number of hydrogen-bond acceptors (Lipinski definition) is 2. The number of nitrogens with zero attached hydrogens (tertiary/aromatic N) is 1. The highest BCUT2D eigenvalue weighted by atomic mass is 35.5. The van der Waals surface area contributed by atoms with Crippen LogP contribution in [0.15, 0.2) is 18.2 Å². The average molecular weight is 307 g/mol. The Morgan fingerprint density at radius 3 is 2.33 bits per heavy atom. The second-order valence-corrected chi connectivity index (χ2v) is 7.59. The molecule has 1 spiro atoms. The van der Waals surface area contributed by atoms with Gasteiger partial charge in [0.1, 0.15) is 0 Å². The third kappa shape index (κ3) is 3.31. The van der Waals surface area contributed by atoms with E-state index in [1.165, 1.54) is 51.4 Å². The van der Waals surface area contributed by atoms with Crippen LogP contribution >= 0.6 is 11.6 Å². The molecule has 1 aromatic rings. The van der Waals surface area contributed by atoms with Crippen molar-refractivity contribution in [1.29, 1.82) is 0 Å². The van der Waals surface area contributed by atoms with Crippen LogP contribution in [-0.4, -0.2) is 20.1 Å². The van der Waals surface area contributed by atoms with Crippen molar-refractivity contribution in [3.05, 3.63) is 23.2 Å². The Hall–Kier alpha value is -0.890. The van der Waals surface area contributed by atoms with E-state index < -0.39 is 0 Å². The highest BCUT2D eigenvalue weighted by Crippen LogP contribution is 2.49. The monoisotopic (exact) mass is 306 g/mol. The molecule has 2 nitrogen and oxygen atoms in total. The first-order valence-electron chi connectivity index (χ1n) is 8.31. The number of hydrogen-bond donors (Lipinski definition) is 1. The maximum Gasteiger partial charge on any atom is 0.0659 e. The zero-order valence-electron chi connectivity index (χ0n) is 13.3. The molecule has 0 heterocycles. The van der Waals surface area contributed by atoms with Crippen LogP contribution in [0, 0.1) is 5.41 Å². The van der Waals surface area contributed by atoms with Crippen LogP contribution < -0.4 is 10.2 Å². The Kier molecular flexibility index (Phi) is 4.35. The van der Waals surface area contributed by atoms with E-state index in [-0.39, 0.29) is 0 Å². The Balaban J connectivity index is 1.59. The molecule has 116 valence electrons. The lowest BCUT2D eigenvalue weighted by Crippen LogP contribution is -2.31. The van der Waals surface area contributed by atoms with Gasteiger partial charge in [0.25, 0.3) is 0 Å². The zero-order chi connectivity index (χ0) is 14.9. The smallest absolute Gasteiger partial charge is 0.0659 e. The van der Waals surface area contributed by atoms with Gasteiger partial charge in [0.15, 0.2) is 0 Å². The fourth-order valence-electron chi connectivity index (χ4n) is 4.19. The number of anilines is 2. The molecule has 0 bridgehead atoms. The average Bonchev–Trinajstić information content (AvgIpc) is 2.90. The van der Waals surface area contributed by atoms with Crippen molar-refractivity contribution >= 4 is 23.0 Å². The molecule has 3 rings (SSSR count). The van der Waals surface area contributed by atoms with E-state index in [0.717, 1.165) is 16.4 Å². The molecule has 0 aliphatic heterocycles.